The van der Waals surface area contributed by atoms with Crippen LogP contribution in [0.4, 0.5) is 0 Å². The van der Waals surface area contributed by atoms with E-state index < -0.39 is 0 Å². The van der Waals surface area contributed by atoms with Crippen molar-refractivity contribution in [1.82, 2.24) is 0 Å². The first-order valence-corrected chi connectivity index (χ1v) is 6.62. The fraction of sp³-hybridized carbons (Fsp3) is 0.375. The van der Waals surface area contributed by atoms with Crippen LogP contribution in [0.3, 0.4) is 0 Å². The molecule has 2 aromatic carbocycles. The molecule has 0 unspecified atom stereocenters. The predicted octanol–water partition coefficient (Wildman–Crippen LogP) is 3.19. The average molecular weight is 257 g/mol. The van der Waals surface area contributed by atoms with Gasteiger partial charge in [0.25, 0.3) is 0 Å². The predicted molar refractivity (Wildman–Crippen MR) is 76.8 cm³/mol. The molecule has 0 aromatic heterocycles. The summed E-state index contributed by atoms with van der Waals surface area (Å²) in [5.41, 5.74) is 7.41. The first-order chi connectivity index (χ1) is 9.18. The number of fused-ring (bicyclic) bond motifs is 1. The molecule has 0 radical (unpaired) electrons. The molecular formula is C16H19NO2. The van der Waals surface area contributed by atoms with Crippen LogP contribution in [-0.4, -0.2) is 14.2 Å². The molecule has 0 amide bonds. The summed E-state index contributed by atoms with van der Waals surface area (Å²) < 4.78 is 10.9. The number of hydrogen-bond acceptors (Lipinski definition) is 3. The zero-order valence-electron chi connectivity index (χ0n) is 11.4. The van der Waals surface area contributed by atoms with E-state index in [1.165, 1.54) is 11.8 Å². The Kier molecular flexibility index (Phi) is 2.86. The van der Waals surface area contributed by atoms with Crippen LogP contribution < -0.4 is 15.2 Å². The van der Waals surface area contributed by atoms with E-state index in [1.807, 2.05) is 12.1 Å². The van der Waals surface area contributed by atoms with E-state index in [2.05, 4.69) is 18.2 Å². The summed E-state index contributed by atoms with van der Waals surface area (Å²) in [5, 5.41) is 2.31. The highest BCUT2D eigenvalue weighted by molar-refractivity contribution is 5.90. The Labute approximate surface area is 113 Å². The lowest BCUT2D eigenvalue weighted by Crippen LogP contribution is -2.43. The molecule has 1 fully saturated rings. The number of benzene rings is 2. The third-order valence-electron chi connectivity index (χ3n) is 4.15. The number of hydrogen-bond donors (Lipinski definition) is 1. The van der Waals surface area contributed by atoms with Crippen molar-refractivity contribution in [3.05, 3.63) is 35.9 Å². The molecule has 19 heavy (non-hydrogen) atoms. The highest BCUT2D eigenvalue weighted by Crippen LogP contribution is 2.46. The average Bonchev–Trinajstić information content (AvgIpc) is 2.42. The lowest BCUT2D eigenvalue weighted by molar-refractivity contribution is 0.246. The molecule has 3 nitrogen and oxygen atoms in total. The molecule has 2 N–H and O–H groups in total. The summed E-state index contributed by atoms with van der Waals surface area (Å²) >= 11 is 0. The van der Waals surface area contributed by atoms with Crippen LogP contribution in [0.25, 0.3) is 10.8 Å². The van der Waals surface area contributed by atoms with Gasteiger partial charge in [-0.05, 0) is 48.2 Å². The van der Waals surface area contributed by atoms with E-state index in [9.17, 15) is 0 Å². The smallest absolute Gasteiger partial charge is 0.124 e. The molecule has 0 heterocycles. The third kappa shape index (κ3) is 1.85. The van der Waals surface area contributed by atoms with Crippen molar-refractivity contribution in [1.29, 1.82) is 0 Å². The van der Waals surface area contributed by atoms with Gasteiger partial charge < -0.3 is 15.2 Å². The van der Waals surface area contributed by atoms with Crippen molar-refractivity contribution < 1.29 is 9.47 Å². The number of rotatable bonds is 3. The Bertz CT molecular complexity index is 612. The van der Waals surface area contributed by atoms with Gasteiger partial charge in [-0.25, -0.2) is 0 Å². The van der Waals surface area contributed by atoms with Crippen LogP contribution in [0.5, 0.6) is 11.5 Å². The minimum absolute atomic E-state index is 0.253. The maximum Gasteiger partial charge on any atom is 0.124 e. The molecule has 0 atom stereocenters. The number of nitrogens with two attached hydrogens (primary N) is 1. The minimum atomic E-state index is -0.253. The third-order valence-corrected chi connectivity index (χ3v) is 4.15. The van der Waals surface area contributed by atoms with Crippen molar-refractivity contribution in [3.8, 4) is 11.5 Å². The largest absolute Gasteiger partial charge is 0.497 e. The summed E-state index contributed by atoms with van der Waals surface area (Å²) in [6, 6.07) is 10.2. The van der Waals surface area contributed by atoms with Gasteiger partial charge in [-0.15, -0.1) is 0 Å². The quantitative estimate of drug-likeness (QED) is 0.918. The van der Waals surface area contributed by atoms with Gasteiger partial charge in [-0.1, -0.05) is 12.1 Å². The maximum atomic E-state index is 6.54. The standard InChI is InChI=1S/C16H19NO2/c1-18-12-6-4-11-5-7-14(19-2)15(13(11)10-12)16(17)8-3-9-16/h4-7,10H,3,8-9,17H2,1-2H3. The molecule has 0 bridgehead atoms. The first kappa shape index (κ1) is 12.3. The molecule has 3 heteroatoms. The van der Waals surface area contributed by atoms with Gasteiger partial charge in [-0.2, -0.15) is 0 Å². The number of methoxy groups -OCH3 is 2. The van der Waals surface area contributed by atoms with Crippen molar-refractivity contribution in [2.75, 3.05) is 14.2 Å². The van der Waals surface area contributed by atoms with Crippen LogP contribution in [0.2, 0.25) is 0 Å². The van der Waals surface area contributed by atoms with Gasteiger partial charge in [0.2, 0.25) is 0 Å². The van der Waals surface area contributed by atoms with E-state index in [0.29, 0.717) is 0 Å². The van der Waals surface area contributed by atoms with Gasteiger partial charge in [0.15, 0.2) is 0 Å². The molecule has 2 aromatic rings. The summed E-state index contributed by atoms with van der Waals surface area (Å²) in [7, 11) is 3.38. The van der Waals surface area contributed by atoms with Crippen molar-refractivity contribution in [2.45, 2.75) is 24.8 Å². The van der Waals surface area contributed by atoms with E-state index in [4.69, 9.17) is 15.2 Å². The second-order valence-electron chi connectivity index (χ2n) is 5.24. The molecule has 1 saturated carbocycles. The maximum absolute atomic E-state index is 6.54. The summed E-state index contributed by atoms with van der Waals surface area (Å²) in [6.45, 7) is 0. The lowest BCUT2D eigenvalue weighted by atomic mass is 9.71. The molecule has 3 rings (SSSR count). The van der Waals surface area contributed by atoms with Gasteiger partial charge in [0, 0.05) is 11.1 Å². The summed E-state index contributed by atoms with van der Waals surface area (Å²) in [6.07, 6.45) is 3.21. The fourth-order valence-electron chi connectivity index (χ4n) is 2.90. The molecule has 1 aliphatic rings. The van der Waals surface area contributed by atoms with E-state index in [-0.39, 0.29) is 5.54 Å². The molecule has 100 valence electrons. The van der Waals surface area contributed by atoms with E-state index >= 15 is 0 Å². The highest BCUT2D eigenvalue weighted by Gasteiger charge is 2.38. The summed E-state index contributed by atoms with van der Waals surface area (Å²) in [5.74, 6) is 1.73. The van der Waals surface area contributed by atoms with Crippen molar-refractivity contribution >= 4 is 10.8 Å². The fourth-order valence-corrected chi connectivity index (χ4v) is 2.90. The Morgan fingerprint density at radius 1 is 1.05 bits per heavy atom. The Hall–Kier alpha value is -1.74. The number of ether oxygens (including phenoxy) is 2. The lowest BCUT2D eigenvalue weighted by Gasteiger charge is -2.40. The molecule has 0 saturated heterocycles. The van der Waals surface area contributed by atoms with Crippen LogP contribution in [0.1, 0.15) is 24.8 Å². The molecular weight excluding hydrogens is 238 g/mol. The Morgan fingerprint density at radius 2 is 1.79 bits per heavy atom. The molecule has 1 aliphatic carbocycles. The zero-order valence-corrected chi connectivity index (χ0v) is 11.4. The molecule has 0 aliphatic heterocycles. The summed E-state index contributed by atoms with van der Waals surface area (Å²) in [4.78, 5) is 0. The normalized spacial score (nSPS) is 17.0. The van der Waals surface area contributed by atoms with Crippen LogP contribution in [0, 0.1) is 0 Å². The van der Waals surface area contributed by atoms with E-state index in [0.717, 1.165) is 35.3 Å². The van der Waals surface area contributed by atoms with Gasteiger partial charge >= 0.3 is 0 Å². The second kappa shape index (κ2) is 4.42. The first-order valence-electron chi connectivity index (χ1n) is 6.62. The van der Waals surface area contributed by atoms with Gasteiger partial charge in [-0.3, -0.25) is 0 Å². The minimum Gasteiger partial charge on any atom is -0.497 e. The second-order valence-corrected chi connectivity index (χ2v) is 5.24. The van der Waals surface area contributed by atoms with Crippen LogP contribution >= 0.6 is 0 Å². The van der Waals surface area contributed by atoms with Gasteiger partial charge in [0.05, 0.1) is 14.2 Å². The van der Waals surface area contributed by atoms with Crippen LogP contribution in [-0.2, 0) is 5.54 Å². The van der Waals surface area contributed by atoms with Crippen molar-refractivity contribution in [3.63, 3.8) is 0 Å². The van der Waals surface area contributed by atoms with Crippen LogP contribution in [0.15, 0.2) is 30.3 Å². The Morgan fingerprint density at radius 3 is 2.37 bits per heavy atom. The highest BCUT2D eigenvalue weighted by atomic mass is 16.5. The molecule has 0 spiro atoms. The topological polar surface area (TPSA) is 44.5 Å². The SMILES string of the molecule is COc1ccc2ccc(OC)c(C3(N)CCC3)c2c1. The van der Waals surface area contributed by atoms with Gasteiger partial charge in [0.1, 0.15) is 11.5 Å². The van der Waals surface area contributed by atoms with E-state index in [1.54, 1.807) is 14.2 Å². The monoisotopic (exact) mass is 257 g/mol. The Balaban J connectivity index is 2.30. The zero-order chi connectivity index (χ0) is 13.5. The van der Waals surface area contributed by atoms with Crippen molar-refractivity contribution in [2.24, 2.45) is 5.73 Å².